The van der Waals surface area contributed by atoms with Crippen molar-refractivity contribution < 1.29 is 9.47 Å². The van der Waals surface area contributed by atoms with Crippen LogP contribution in [0.1, 0.15) is 17.9 Å². The molecule has 2 rings (SSSR count). The van der Waals surface area contributed by atoms with Gasteiger partial charge in [-0.25, -0.2) is 0 Å². The first-order chi connectivity index (χ1) is 8.26. The Kier molecular flexibility index (Phi) is 4.18. The van der Waals surface area contributed by atoms with Gasteiger partial charge in [0, 0.05) is 17.7 Å². The van der Waals surface area contributed by atoms with Gasteiger partial charge < -0.3 is 15.2 Å². The maximum absolute atomic E-state index is 6.19. The second-order valence-corrected chi connectivity index (χ2v) is 5.40. The molecule has 0 saturated carbocycles. The van der Waals surface area contributed by atoms with E-state index >= 15 is 0 Å². The zero-order chi connectivity index (χ0) is 12.3. The summed E-state index contributed by atoms with van der Waals surface area (Å²) in [7, 11) is 3.32. The van der Waals surface area contributed by atoms with Gasteiger partial charge in [-0.05, 0) is 29.9 Å². The monoisotopic (exact) mass is 253 g/mol. The molecule has 1 fully saturated rings. The fourth-order valence-electron chi connectivity index (χ4n) is 2.18. The largest absolute Gasteiger partial charge is 0.493 e. The predicted molar refractivity (Wildman–Crippen MR) is 72.2 cm³/mol. The van der Waals surface area contributed by atoms with Crippen molar-refractivity contribution in [3.8, 4) is 11.5 Å². The molecule has 4 heteroatoms. The Morgan fingerprint density at radius 3 is 2.65 bits per heavy atom. The van der Waals surface area contributed by atoms with E-state index in [-0.39, 0.29) is 6.04 Å². The number of methoxy groups -OCH3 is 2. The first-order valence-electron chi connectivity index (χ1n) is 5.81. The van der Waals surface area contributed by atoms with Crippen molar-refractivity contribution in [1.29, 1.82) is 0 Å². The van der Waals surface area contributed by atoms with E-state index < -0.39 is 0 Å². The number of rotatable bonds is 3. The second kappa shape index (κ2) is 5.65. The van der Waals surface area contributed by atoms with Crippen molar-refractivity contribution in [2.45, 2.75) is 18.4 Å². The van der Waals surface area contributed by atoms with Crippen LogP contribution in [0.4, 0.5) is 0 Å². The average Bonchev–Trinajstić information content (AvgIpc) is 2.38. The predicted octanol–water partition coefficient (Wildman–Crippen LogP) is 2.25. The molecule has 1 aromatic rings. The first kappa shape index (κ1) is 12.6. The van der Waals surface area contributed by atoms with Crippen molar-refractivity contribution >= 4 is 11.8 Å². The summed E-state index contributed by atoms with van der Waals surface area (Å²) in [5.74, 6) is 4.25. The van der Waals surface area contributed by atoms with Crippen LogP contribution in [0.5, 0.6) is 11.5 Å². The molecule has 1 aliphatic heterocycles. The zero-order valence-corrected chi connectivity index (χ0v) is 11.1. The molecule has 1 aliphatic rings. The minimum atomic E-state index is 0.259. The van der Waals surface area contributed by atoms with Gasteiger partial charge in [-0.1, -0.05) is 6.07 Å². The van der Waals surface area contributed by atoms with E-state index in [1.807, 2.05) is 17.8 Å². The van der Waals surface area contributed by atoms with Gasteiger partial charge in [0.1, 0.15) is 0 Å². The topological polar surface area (TPSA) is 44.5 Å². The Bertz CT molecular complexity index is 384. The van der Waals surface area contributed by atoms with Crippen molar-refractivity contribution in [1.82, 2.24) is 0 Å². The van der Waals surface area contributed by atoms with Gasteiger partial charge >= 0.3 is 0 Å². The van der Waals surface area contributed by atoms with E-state index in [4.69, 9.17) is 15.2 Å². The van der Waals surface area contributed by atoms with E-state index in [9.17, 15) is 0 Å². The summed E-state index contributed by atoms with van der Waals surface area (Å²) >= 11 is 1.97. The highest BCUT2D eigenvalue weighted by Crippen LogP contribution is 2.35. The highest BCUT2D eigenvalue weighted by Gasteiger charge is 2.24. The highest BCUT2D eigenvalue weighted by atomic mass is 32.2. The number of benzene rings is 1. The minimum absolute atomic E-state index is 0.259. The molecule has 2 N–H and O–H groups in total. The summed E-state index contributed by atoms with van der Waals surface area (Å²) in [5.41, 5.74) is 7.44. The van der Waals surface area contributed by atoms with Crippen LogP contribution in [-0.4, -0.2) is 31.8 Å². The molecule has 1 saturated heterocycles. The van der Waals surface area contributed by atoms with E-state index in [0.29, 0.717) is 5.92 Å². The number of thioether (sulfide) groups is 1. The number of hydrogen-bond donors (Lipinski definition) is 1. The molecular weight excluding hydrogens is 234 g/mol. The lowest BCUT2D eigenvalue weighted by Gasteiger charge is -2.28. The summed E-state index contributed by atoms with van der Waals surface area (Å²) in [4.78, 5) is 0. The van der Waals surface area contributed by atoms with Crippen LogP contribution in [0.2, 0.25) is 0 Å². The molecule has 3 nitrogen and oxygen atoms in total. The number of hydrogen-bond acceptors (Lipinski definition) is 4. The third-order valence-electron chi connectivity index (χ3n) is 3.25. The molecule has 0 spiro atoms. The van der Waals surface area contributed by atoms with Gasteiger partial charge in [0.25, 0.3) is 0 Å². The molecule has 0 bridgehead atoms. The third kappa shape index (κ3) is 2.69. The molecule has 0 unspecified atom stereocenters. The maximum Gasteiger partial charge on any atom is 0.160 e. The van der Waals surface area contributed by atoms with E-state index in [1.165, 1.54) is 11.3 Å². The first-order valence-corrected chi connectivity index (χ1v) is 6.97. The molecule has 1 heterocycles. The molecule has 0 radical (unpaired) electrons. The van der Waals surface area contributed by atoms with Gasteiger partial charge in [0.05, 0.1) is 14.2 Å². The fourth-order valence-corrected chi connectivity index (χ4v) is 3.48. The lowest BCUT2D eigenvalue weighted by atomic mass is 9.91. The smallest absolute Gasteiger partial charge is 0.160 e. The SMILES string of the molecule is COc1ccc([C@H]2CSCC[C@H]2N)cc1OC. The Morgan fingerprint density at radius 2 is 2.00 bits per heavy atom. The Labute approximate surface area is 107 Å². The quantitative estimate of drug-likeness (QED) is 0.897. The molecule has 17 heavy (non-hydrogen) atoms. The average molecular weight is 253 g/mol. The fraction of sp³-hybridized carbons (Fsp3) is 0.538. The van der Waals surface area contributed by atoms with Crippen LogP contribution in [0.3, 0.4) is 0 Å². The van der Waals surface area contributed by atoms with Gasteiger partial charge in [-0.2, -0.15) is 11.8 Å². The number of nitrogens with two attached hydrogens (primary N) is 1. The summed E-state index contributed by atoms with van der Waals surface area (Å²) in [6, 6.07) is 6.36. The molecule has 0 amide bonds. The zero-order valence-electron chi connectivity index (χ0n) is 10.3. The molecule has 94 valence electrons. The lowest BCUT2D eigenvalue weighted by molar-refractivity contribution is 0.354. The van der Waals surface area contributed by atoms with Crippen molar-refractivity contribution in [2.24, 2.45) is 5.73 Å². The van der Waals surface area contributed by atoms with Crippen molar-refractivity contribution in [3.63, 3.8) is 0 Å². The van der Waals surface area contributed by atoms with Crippen LogP contribution in [-0.2, 0) is 0 Å². The van der Waals surface area contributed by atoms with Crippen molar-refractivity contribution in [3.05, 3.63) is 23.8 Å². The second-order valence-electron chi connectivity index (χ2n) is 4.25. The van der Waals surface area contributed by atoms with E-state index in [1.54, 1.807) is 14.2 Å². The van der Waals surface area contributed by atoms with Crippen LogP contribution >= 0.6 is 11.8 Å². The minimum Gasteiger partial charge on any atom is -0.493 e. The molecule has 1 aromatic carbocycles. The molecule has 0 aliphatic carbocycles. The van der Waals surface area contributed by atoms with Gasteiger partial charge in [-0.15, -0.1) is 0 Å². The van der Waals surface area contributed by atoms with Crippen LogP contribution in [0.25, 0.3) is 0 Å². The van der Waals surface area contributed by atoms with Gasteiger partial charge in [0.15, 0.2) is 11.5 Å². The summed E-state index contributed by atoms with van der Waals surface area (Å²) in [5, 5.41) is 0. The highest BCUT2D eigenvalue weighted by molar-refractivity contribution is 7.99. The molecule has 2 atom stereocenters. The maximum atomic E-state index is 6.19. The van der Waals surface area contributed by atoms with E-state index in [2.05, 4.69) is 12.1 Å². The normalized spacial score (nSPS) is 24.4. The molecule has 0 aromatic heterocycles. The van der Waals surface area contributed by atoms with Crippen LogP contribution in [0, 0.1) is 0 Å². The van der Waals surface area contributed by atoms with Gasteiger partial charge in [-0.3, -0.25) is 0 Å². The Morgan fingerprint density at radius 1 is 1.24 bits per heavy atom. The third-order valence-corrected chi connectivity index (χ3v) is 4.36. The molecular formula is C13H19NO2S. The van der Waals surface area contributed by atoms with E-state index in [0.717, 1.165) is 23.7 Å². The van der Waals surface area contributed by atoms with Gasteiger partial charge in [0.2, 0.25) is 0 Å². The Hall–Kier alpha value is -0.870. The van der Waals surface area contributed by atoms with Crippen LogP contribution < -0.4 is 15.2 Å². The van der Waals surface area contributed by atoms with Crippen molar-refractivity contribution in [2.75, 3.05) is 25.7 Å². The summed E-state index contributed by atoms with van der Waals surface area (Å²) in [6.45, 7) is 0. The summed E-state index contributed by atoms with van der Waals surface area (Å²) < 4.78 is 10.6. The van der Waals surface area contributed by atoms with Crippen LogP contribution in [0.15, 0.2) is 18.2 Å². The Balaban J connectivity index is 2.25. The lowest BCUT2D eigenvalue weighted by Crippen LogP contribution is -2.33. The standard InChI is InChI=1S/C13H19NO2S/c1-15-12-4-3-9(7-13(12)16-2)10-8-17-6-5-11(10)14/h3-4,7,10-11H,5-6,8,14H2,1-2H3/t10-,11-/m1/s1. The number of ether oxygens (including phenoxy) is 2. The summed E-state index contributed by atoms with van der Waals surface area (Å²) in [6.07, 6.45) is 1.09.